The molecule has 0 saturated carbocycles. The Kier molecular flexibility index (Phi) is 6.49. The predicted molar refractivity (Wildman–Crippen MR) is 71.8 cm³/mol. The van der Waals surface area contributed by atoms with Gasteiger partial charge in [0.05, 0.1) is 24.4 Å². The third-order valence-electron chi connectivity index (χ3n) is 3.51. The number of aldehydes is 2. The van der Waals surface area contributed by atoms with Crippen molar-refractivity contribution in [3.8, 4) is 0 Å². The standard InChI is InChI=1S/C11H24N6O2/c12-8(6-18)10(14)16-2-1-3-17(5-4-16)11(15)9(13)7-19/h6-11H,1-5,12-15H2. The van der Waals surface area contributed by atoms with Crippen LogP contribution in [0, 0.1) is 0 Å². The SMILES string of the molecule is NC(C=O)C(N)N1CCCN(C(N)C(N)C=O)CC1. The molecule has 0 aromatic rings. The molecule has 110 valence electrons. The molecule has 0 aromatic heterocycles. The molecule has 0 amide bonds. The van der Waals surface area contributed by atoms with Crippen molar-refractivity contribution < 1.29 is 9.59 Å². The Labute approximate surface area is 113 Å². The summed E-state index contributed by atoms with van der Waals surface area (Å²) in [5.41, 5.74) is 23.1. The molecule has 1 rings (SSSR count). The topological polar surface area (TPSA) is 145 Å². The van der Waals surface area contributed by atoms with Gasteiger partial charge in [0.15, 0.2) is 0 Å². The first-order chi connectivity index (χ1) is 9.01. The van der Waals surface area contributed by atoms with Crippen LogP contribution in [0.2, 0.25) is 0 Å². The van der Waals surface area contributed by atoms with Crippen molar-refractivity contribution in [2.24, 2.45) is 22.9 Å². The number of nitrogens with zero attached hydrogens (tertiary/aromatic N) is 2. The Morgan fingerprint density at radius 3 is 1.42 bits per heavy atom. The zero-order chi connectivity index (χ0) is 14.4. The third-order valence-corrected chi connectivity index (χ3v) is 3.51. The summed E-state index contributed by atoms with van der Waals surface area (Å²) in [5.74, 6) is 0. The highest BCUT2D eigenvalue weighted by atomic mass is 16.1. The van der Waals surface area contributed by atoms with Crippen LogP contribution in [0.15, 0.2) is 0 Å². The fraction of sp³-hybridized carbons (Fsp3) is 0.818. The number of nitrogens with two attached hydrogens (primary N) is 4. The molecular formula is C11H24N6O2. The van der Waals surface area contributed by atoms with E-state index in [1.54, 1.807) is 0 Å². The van der Waals surface area contributed by atoms with E-state index in [0.29, 0.717) is 25.7 Å². The zero-order valence-electron chi connectivity index (χ0n) is 11.0. The largest absolute Gasteiger partial charge is 0.319 e. The minimum atomic E-state index is -0.697. The van der Waals surface area contributed by atoms with Crippen LogP contribution in [-0.2, 0) is 9.59 Å². The van der Waals surface area contributed by atoms with E-state index in [-0.39, 0.29) is 0 Å². The average molecular weight is 272 g/mol. The molecule has 8 nitrogen and oxygen atoms in total. The van der Waals surface area contributed by atoms with E-state index in [9.17, 15) is 9.59 Å². The second kappa shape index (κ2) is 7.63. The summed E-state index contributed by atoms with van der Waals surface area (Å²) in [4.78, 5) is 25.2. The number of carbonyl (C=O) groups excluding carboxylic acids is 2. The maximum absolute atomic E-state index is 10.7. The zero-order valence-corrected chi connectivity index (χ0v) is 11.0. The molecule has 4 unspecified atom stereocenters. The third kappa shape index (κ3) is 4.30. The van der Waals surface area contributed by atoms with Gasteiger partial charge in [0.2, 0.25) is 0 Å². The molecular weight excluding hydrogens is 248 g/mol. The molecule has 0 radical (unpaired) electrons. The highest BCUT2D eigenvalue weighted by Crippen LogP contribution is 2.08. The van der Waals surface area contributed by atoms with Crippen LogP contribution in [-0.4, -0.2) is 73.0 Å². The van der Waals surface area contributed by atoms with Gasteiger partial charge in [0.1, 0.15) is 12.6 Å². The summed E-state index contributed by atoms with van der Waals surface area (Å²) < 4.78 is 0. The van der Waals surface area contributed by atoms with Crippen LogP contribution in [0.25, 0.3) is 0 Å². The summed E-state index contributed by atoms with van der Waals surface area (Å²) in [6.45, 7) is 2.76. The monoisotopic (exact) mass is 272 g/mol. The quantitative estimate of drug-likeness (QED) is 0.366. The average Bonchev–Trinajstić information content (AvgIpc) is 2.69. The molecule has 0 spiro atoms. The fourth-order valence-corrected chi connectivity index (χ4v) is 2.20. The van der Waals surface area contributed by atoms with E-state index in [0.717, 1.165) is 19.5 Å². The van der Waals surface area contributed by atoms with Gasteiger partial charge >= 0.3 is 0 Å². The highest BCUT2D eigenvalue weighted by molar-refractivity contribution is 5.58. The fourth-order valence-electron chi connectivity index (χ4n) is 2.20. The smallest absolute Gasteiger partial charge is 0.139 e. The van der Waals surface area contributed by atoms with Crippen LogP contribution in [0.5, 0.6) is 0 Å². The molecule has 1 fully saturated rings. The molecule has 8 N–H and O–H groups in total. The molecule has 1 aliphatic rings. The van der Waals surface area contributed by atoms with Crippen molar-refractivity contribution in [3.63, 3.8) is 0 Å². The van der Waals surface area contributed by atoms with Crippen LogP contribution >= 0.6 is 0 Å². The summed E-state index contributed by atoms with van der Waals surface area (Å²) >= 11 is 0. The van der Waals surface area contributed by atoms with E-state index in [4.69, 9.17) is 22.9 Å². The first-order valence-corrected chi connectivity index (χ1v) is 6.42. The lowest BCUT2D eigenvalue weighted by atomic mass is 10.2. The minimum absolute atomic E-state index is 0.492. The molecule has 0 bridgehead atoms. The minimum Gasteiger partial charge on any atom is -0.319 e. The number of hydrogen-bond acceptors (Lipinski definition) is 8. The predicted octanol–water partition coefficient (Wildman–Crippen LogP) is -3.38. The van der Waals surface area contributed by atoms with Crippen molar-refractivity contribution in [2.45, 2.75) is 30.8 Å². The first-order valence-electron chi connectivity index (χ1n) is 6.42. The Morgan fingerprint density at radius 1 is 0.737 bits per heavy atom. The molecule has 1 saturated heterocycles. The Hall–Kier alpha value is -0.900. The first kappa shape index (κ1) is 16.2. The van der Waals surface area contributed by atoms with Crippen LogP contribution < -0.4 is 22.9 Å². The molecule has 19 heavy (non-hydrogen) atoms. The second-order valence-corrected chi connectivity index (χ2v) is 4.83. The molecule has 1 heterocycles. The molecule has 0 aliphatic carbocycles. The molecule has 1 aliphatic heterocycles. The van der Waals surface area contributed by atoms with Gasteiger partial charge in [0.25, 0.3) is 0 Å². The van der Waals surface area contributed by atoms with Gasteiger partial charge in [0, 0.05) is 26.2 Å². The van der Waals surface area contributed by atoms with Crippen molar-refractivity contribution in [1.29, 1.82) is 0 Å². The Morgan fingerprint density at radius 2 is 1.11 bits per heavy atom. The van der Waals surface area contributed by atoms with E-state index in [1.807, 2.05) is 9.80 Å². The molecule has 4 atom stereocenters. The molecule has 8 heteroatoms. The van der Waals surface area contributed by atoms with Gasteiger partial charge < -0.3 is 32.5 Å². The van der Waals surface area contributed by atoms with E-state index in [2.05, 4.69) is 0 Å². The number of hydrogen-bond donors (Lipinski definition) is 4. The highest BCUT2D eigenvalue weighted by Gasteiger charge is 2.27. The number of carbonyl (C=O) groups is 2. The summed E-state index contributed by atoms with van der Waals surface area (Å²) in [6.07, 6.45) is 1.16. The Balaban J connectivity index is 2.56. The van der Waals surface area contributed by atoms with Crippen LogP contribution in [0.4, 0.5) is 0 Å². The maximum Gasteiger partial charge on any atom is 0.139 e. The van der Waals surface area contributed by atoms with Crippen LogP contribution in [0.3, 0.4) is 0 Å². The van der Waals surface area contributed by atoms with Gasteiger partial charge in [-0.25, -0.2) is 0 Å². The lowest BCUT2D eigenvalue weighted by molar-refractivity contribution is -0.111. The molecule has 0 aromatic carbocycles. The Bertz CT molecular complexity index is 275. The normalized spacial score (nSPS) is 25.1. The summed E-state index contributed by atoms with van der Waals surface area (Å²) in [6, 6.07) is -1.39. The summed E-state index contributed by atoms with van der Waals surface area (Å²) in [5, 5.41) is 0. The van der Waals surface area contributed by atoms with Crippen molar-refractivity contribution in [3.05, 3.63) is 0 Å². The maximum atomic E-state index is 10.7. The van der Waals surface area contributed by atoms with Gasteiger partial charge in [-0.3, -0.25) is 9.80 Å². The second-order valence-electron chi connectivity index (χ2n) is 4.83. The van der Waals surface area contributed by atoms with Crippen molar-refractivity contribution >= 4 is 12.6 Å². The van der Waals surface area contributed by atoms with Gasteiger partial charge in [-0.05, 0) is 6.42 Å². The lowest BCUT2D eigenvalue weighted by Gasteiger charge is -2.31. The van der Waals surface area contributed by atoms with E-state index >= 15 is 0 Å². The lowest BCUT2D eigenvalue weighted by Crippen LogP contribution is -2.57. The van der Waals surface area contributed by atoms with E-state index in [1.165, 1.54) is 0 Å². The van der Waals surface area contributed by atoms with Gasteiger partial charge in [-0.15, -0.1) is 0 Å². The summed E-state index contributed by atoms with van der Waals surface area (Å²) in [7, 11) is 0. The van der Waals surface area contributed by atoms with Crippen LogP contribution in [0.1, 0.15) is 6.42 Å². The number of rotatable bonds is 6. The van der Waals surface area contributed by atoms with Crippen molar-refractivity contribution in [2.75, 3.05) is 26.2 Å². The van der Waals surface area contributed by atoms with Crippen molar-refractivity contribution in [1.82, 2.24) is 9.80 Å². The van der Waals surface area contributed by atoms with E-state index < -0.39 is 24.4 Å². The van der Waals surface area contributed by atoms with Gasteiger partial charge in [-0.2, -0.15) is 0 Å². The van der Waals surface area contributed by atoms with Gasteiger partial charge in [-0.1, -0.05) is 0 Å².